The number of para-hydroxylation sites is 1. The van der Waals surface area contributed by atoms with E-state index in [-0.39, 0.29) is 12.5 Å². The Kier molecular flexibility index (Phi) is 2.99. The number of carbonyl (C=O) groups is 1. The van der Waals surface area contributed by atoms with E-state index in [0.717, 1.165) is 29.7 Å². The van der Waals surface area contributed by atoms with E-state index < -0.39 is 0 Å². The number of nitrogens with two attached hydrogens (primary N) is 2. The molecule has 0 spiro atoms. The Hall–Kier alpha value is -2.04. The van der Waals surface area contributed by atoms with Crippen LogP contribution in [0.5, 0.6) is 0 Å². The lowest BCUT2D eigenvalue weighted by Gasteiger charge is -2.05. The highest BCUT2D eigenvalue weighted by Gasteiger charge is 2.13. The topological polar surface area (TPSA) is 86.9 Å². The second-order valence-electron chi connectivity index (χ2n) is 4.05. The number of hydrogen-bond acceptors (Lipinski definition) is 3. The summed E-state index contributed by atoms with van der Waals surface area (Å²) in [7, 11) is 0. The Morgan fingerprint density at radius 1 is 1.47 bits per heavy atom. The zero-order valence-corrected chi connectivity index (χ0v) is 9.81. The summed E-state index contributed by atoms with van der Waals surface area (Å²) >= 11 is 0. The molecule has 4 N–H and O–H groups in total. The summed E-state index contributed by atoms with van der Waals surface area (Å²) in [5.41, 5.74) is 13.4. The van der Waals surface area contributed by atoms with Gasteiger partial charge in [-0.25, -0.2) is 4.98 Å². The molecule has 0 fully saturated rings. The molecule has 0 saturated carbocycles. The molecule has 0 unspecified atom stereocenters. The third-order valence-electron chi connectivity index (χ3n) is 2.68. The van der Waals surface area contributed by atoms with Crippen LogP contribution in [0.15, 0.2) is 18.2 Å². The highest BCUT2D eigenvalue weighted by atomic mass is 16.1. The molecule has 0 aliphatic rings. The average molecular weight is 232 g/mol. The molecule has 1 amide bonds. The Morgan fingerprint density at radius 2 is 2.24 bits per heavy atom. The second-order valence-corrected chi connectivity index (χ2v) is 4.05. The summed E-state index contributed by atoms with van der Waals surface area (Å²) < 4.78 is 1.84. The molecule has 1 aromatic heterocycles. The highest BCUT2D eigenvalue weighted by Crippen LogP contribution is 2.22. The van der Waals surface area contributed by atoms with Crippen LogP contribution in [0, 0.1) is 0 Å². The lowest BCUT2D eigenvalue weighted by Crippen LogP contribution is -2.20. The van der Waals surface area contributed by atoms with Crippen LogP contribution in [0.4, 0.5) is 5.69 Å². The van der Waals surface area contributed by atoms with Crippen molar-refractivity contribution in [3.63, 3.8) is 0 Å². The first-order valence-electron chi connectivity index (χ1n) is 5.65. The van der Waals surface area contributed by atoms with Crippen molar-refractivity contribution in [2.24, 2.45) is 5.73 Å². The van der Waals surface area contributed by atoms with E-state index in [4.69, 9.17) is 11.5 Å². The number of primary amides is 1. The van der Waals surface area contributed by atoms with Crippen molar-refractivity contribution in [3.05, 3.63) is 24.0 Å². The first-order valence-corrected chi connectivity index (χ1v) is 5.65. The Morgan fingerprint density at radius 3 is 2.88 bits per heavy atom. The van der Waals surface area contributed by atoms with Gasteiger partial charge in [-0.2, -0.15) is 0 Å². The molecular weight excluding hydrogens is 216 g/mol. The smallest absolute Gasteiger partial charge is 0.237 e. The number of fused-ring (bicyclic) bond motifs is 1. The first kappa shape index (κ1) is 11.4. The summed E-state index contributed by atoms with van der Waals surface area (Å²) in [5, 5.41) is 0. The molecule has 0 aliphatic heterocycles. The van der Waals surface area contributed by atoms with Crippen LogP contribution in [0.2, 0.25) is 0 Å². The zero-order valence-electron chi connectivity index (χ0n) is 9.81. The van der Waals surface area contributed by atoms with Gasteiger partial charge in [0.15, 0.2) is 0 Å². The van der Waals surface area contributed by atoms with Crippen molar-refractivity contribution in [2.45, 2.75) is 26.3 Å². The van der Waals surface area contributed by atoms with E-state index in [9.17, 15) is 4.79 Å². The van der Waals surface area contributed by atoms with Gasteiger partial charge in [-0.3, -0.25) is 4.79 Å². The van der Waals surface area contributed by atoms with Gasteiger partial charge in [-0.05, 0) is 18.6 Å². The molecule has 17 heavy (non-hydrogen) atoms. The summed E-state index contributed by atoms with van der Waals surface area (Å²) in [5.74, 6) is 0.489. The standard InChI is InChI=1S/C12H16N4O/c1-2-4-11-15-12-8(13)5-3-6-9(12)16(11)7-10(14)17/h3,5-6H,2,4,7,13H2,1H3,(H2,14,17). The van der Waals surface area contributed by atoms with E-state index in [2.05, 4.69) is 11.9 Å². The fourth-order valence-electron chi connectivity index (χ4n) is 1.96. The molecule has 0 atom stereocenters. The SMILES string of the molecule is CCCc1nc2c(N)cccc2n1CC(N)=O. The van der Waals surface area contributed by atoms with Gasteiger partial charge < -0.3 is 16.0 Å². The van der Waals surface area contributed by atoms with Crippen LogP contribution >= 0.6 is 0 Å². The third-order valence-corrected chi connectivity index (χ3v) is 2.68. The number of aromatic nitrogens is 2. The Bertz CT molecular complexity index is 559. The maximum Gasteiger partial charge on any atom is 0.237 e. The van der Waals surface area contributed by atoms with Gasteiger partial charge in [0, 0.05) is 6.42 Å². The van der Waals surface area contributed by atoms with Crippen LogP contribution in [0.1, 0.15) is 19.2 Å². The number of rotatable bonds is 4. The number of hydrogen-bond donors (Lipinski definition) is 2. The second kappa shape index (κ2) is 4.45. The number of amides is 1. The number of benzene rings is 1. The average Bonchev–Trinajstić information content (AvgIpc) is 2.59. The summed E-state index contributed by atoms with van der Waals surface area (Å²) in [6, 6.07) is 5.56. The van der Waals surface area contributed by atoms with Crippen molar-refractivity contribution < 1.29 is 4.79 Å². The molecule has 2 rings (SSSR count). The molecule has 0 bridgehead atoms. The van der Waals surface area contributed by atoms with E-state index in [1.54, 1.807) is 6.07 Å². The Labute approximate surface area is 99.4 Å². The molecule has 90 valence electrons. The first-order chi connectivity index (χ1) is 8.13. The molecule has 1 aromatic carbocycles. The molecule has 5 heteroatoms. The quantitative estimate of drug-likeness (QED) is 0.772. The van der Waals surface area contributed by atoms with Crippen molar-refractivity contribution in [3.8, 4) is 0 Å². The minimum absolute atomic E-state index is 0.148. The van der Waals surface area contributed by atoms with E-state index in [0.29, 0.717) is 5.69 Å². The fraction of sp³-hybridized carbons (Fsp3) is 0.333. The van der Waals surface area contributed by atoms with Crippen molar-refractivity contribution in [2.75, 3.05) is 5.73 Å². The summed E-state index contributed by atoms with van der Waals surface area (Å²) in [6.07, 6.45) is 1.77. The van der Waals surface area contributed by atoms with Crippen LogP contribution < -0.4 is 11.5 Å². The molecule has 0 aliphatic carbocycles. The van der Waals surface area contributed by atoms with Crippen LogP contribution in [-0.2, 0) is 17.8 Å². The van der Waals surface area contributed by atoms with Crippen molar-refractivity contribution in [1.29, 1.82) is 0 Å². The summed E-state index contributed by atoms with van der Waals surface area (Å²) in [6.45, 7) is 2.21. The normalized spacial score (nSPS) is 10.9. The molecule has 2 aromatic rings. The van der Waals surface area contributed by atoms with Gasteiger partial charge in [0.2, 0.25) is 5.91 Å². The van der Waals surface area contributed by atoms with Gasteiger partial charge in [0.05, 0.1) is 11.2 Å². The Balaban J connectivity index is 2.62. The van der Waals surface area contributed by atoms with Crippen LogP contribution in [0.3, 0.4) is 0 Å². The van der Waals surface area contributed by atoms with Crippen LogP contribution in [0.25, 0.3) is 11.0 Å². The molecule has 1 heterocycles. The van der Waals surface area contributed by atoms with E-state index in [1.807, 2.05) is 16.7 Å². The number of anilines is 1. The van der Waals surface area contributed by atoms with Crippen LogP contribution in [-0.4, -0.2) is 15.5 Å². The maximum atomic E-state index is 11.1. The molecular formula is C12H16N4O. The lowest BCUT2D eigenvalue weighted by molar-refractivity contribution is -0.118. The third kappa shape index (κ3) is 2.08. The summed E-state index contributed by atoms with van der Waals surface area (Å²) in [4.78, 5) is 15.6. The number of nitrogen functional groups attached to an aromatic ring is 1. The highest BCUT2D eigenvalue weighted by molar-refractivity contribution is 5.88. The maximum absolute atomic E-state index is 11.1. The number of carbonyl (C=O) groups excluding carboxylic acids is 1. The molecule has 0 radical (unpaired) electrons. The van der Waals surface area contributed by atoms with E-state index in [1.165, 1.54) is 0 Å². The van der Waals surface area contributed by atoms with Gasteiger partial charge in [0.1, 0.15) is 17.9 Å². The lowest BCUT2D eigenvalue weighted by atomic mass is 10.3. The number of nitrogens with zero attached hydrogens (tertiary/aromatic N) is 2. The number of imidazole rings is 1. The van der Waals surface area contributed by atoms with Gasteiger partial charge in [-0.15, -0.1) is 0 Å². The number of aryl methyl sites for hydroxylation is 1. The monoisotopic (exact) mass is 232 g/mol. The predicted octanol–water partition coefficient (Wildman–Crippen LogP) is 1.06. The largest absolute Gasteiger partial charge is 0.397 e. The van der Waals surface area contributed by atoms with E-state index >= 15 is 0 Å². The van der Waals surface area contributed by atoms with Gasteiger partial charge >= 0.3 is 0 Å². The van der Waals surface area contributed by atoms with Crippen molar-refractivity contribution in [1.82, 2.24) is 9.55 Å². The fourth-order valence-corrected chi connectivity index (χ4v) is 1.96. The molecule has 5 nitrogen and oxygen atoms in total. The molecule has 0 saturated heterocycles. The van der Waals surface area contributed by atoms with Gasteiger partial charge in [0.25, 0.3) is 0 Å². The minimum atomic E-state index is -0.371. The van der Waals surface area contributed by atoms with Gasteiger partial charge in [-0.1, -0.05) is 13.0 Å². The minimum Gasteiger partial charge on any atom is -0.397 e. The predicted molar refractivity (Wildman–Crippen MR) is 67.3 cm³/mol. The zero-order chi connectivity index (χ0) is 12.4. The van der Waals surface area contributed by atoms with Crippen molar-refractivity contribution >= 4 is 22.6 Å².